The molecule has 14 heteroatoms. The summed E-state index contributed by atoms with van der Waals surface area (Å²) < 4.78 is 69.5. The average Bonchev–Trinajstić information content (AvgIpc) is 3.31. The number of nitrogens with zero attached hydrogens (tertiary/aromatic N) is 2. The van der Waals surface area contributed by atoms with Gasteiger partial charge in [0, 0.05) is 43.0 Å². The highest BCUT2D eigenvalue weighted by Crippen LogP contribution is 2.36. The predicted molar refractivity (Wildman–Crippen MR) is 114 cm³/mol. The molecule has 0 radical (unpaired) electrons. The van der Waals surface area contributed by atoms with Crippen LogP contribution in [0, 0.1) is 11.3 Å². The van der Waals surface area contributed by atoms with Crippen LogP contribution in [0.2, 0.25) is 0 Å². The van der Waals surface area contributed by atoms with Gasteiger partial charge in [-0.25, -0.2) is 9.59 Å². The van der Waals surface area contributed by atoms with Crippen molar-refractivity contribution in [1.29, 1.82) is 0 Å². The molecular formula is C21H28F6N2O5S. The van der Waals surface area contributed by atoms with Gasteiger partial charge >= 0.3 is 24.3 Å². The van der Waals surface area contributed by atoms with Crippen molar-refractivity contribution in [2.24, 2.45) is 11.3 Å². The standard InChI is InChI=1S/C17H26N2OS.2C2HF3O2/c1-2-16(21-9-1)11-18-6-5-17(12-18)13-19(7-8-20-14-17)10-15-3-4-15;2*3-2(4,5)1(6)7/h1-2,9,15H,3-8,10-14H2;2*(H,6,7). The Morgan fingerprint density at radius 1 is 1.03 bits per heavy atom. The fourth-order valence-electron chi connectivity index (χ4n) is 3.94. The molecule has 2 aliphatic heterocycles. The summed E-state index contributed by atoms with van der Waals surface area (Å²) in [5.41, 5.74) is 0.392. The van der Waals surface area contributed by atoms with Gasteiger partial charge in [0.15, 0.2) is 0 Å². The maximum absolute atomic E-state index is 10.6. The Morgan fingerprint density at radius 2 is 1.60 bits per heavy atom. The zero-order chi connectivity index (χ0) is 26.3. The Labute approximate surface area is 202 Å². The SMILES string of the molecule is O=C(O)C(F)(F)F.O=C(O)C(F)(F)F.c1csc(CN2CCC3(COCCN(CC4CC4)C3)C2)c1. The number of aliphatic carboxylic acids is 2. The minimum atomic E-state index is -5.08. The molecule has 3 aliphatic rings. The number of halogens is 6. The minimum Gasteiger partial charge on any atom is -0.475 e. The maximum atomic E-state index is 10.6. The second-order valence-corrected chi connectivity index (χ2v) is 9.91. The molecule has 2 saturated heterocycles. The van der Waals surface area contributed by atoms with E-state index in [0.29, 0.717) is 5.41 Å². The molecule has 7 nitrogen and oxygen atoms in total. The van der Waals surface area contributed by atoms with Crippen molar-refractivity contribution in [2.75, 3.05) is 45.9 Å². The van der Waals surface area contributed by atoms with Crippen molar-refractivity contribution in [1.82, 2.24) is 9.80 Å². The van der Waals surface area contributed by atoms with Gasteiger partial charge in [0.2, 0.25) is 0 Å². The second-order valence-electron chi connectivity index (χ2n) is 8.88. The summed E-state index contributed by atoms with van der Waals surface area (Å²) in [6.07, 6.45) is -5.96. The smallest absolute Gasteiger partial charge is 0.475 e. The number of hydrogen-bond donors (Lipinski definition) is 2. The number of thiophene rings is 1. The third-order valence-corrected chi connectivity index (χ3v) is 6.56. The quantitative estimate of drug-likeness (QED) is 0.566. The molecule has 1 aromatic rings. The van der Waals surface area contributed by atoms with Crippen molar-refractivity contribution >= 4 is 23.3 Å². The van der Waals surface area contributed by atoms with Crippen molar-refractivity contribution in [3.05, 3.63) is 22.4 Å². The molecule has 1 saturated carbocycles. The first-order valence-corrected chi connectivity index (χ1v) is 11.7. The Hall–Kier alpha value is -1.90. The number of carboxylic acids is 2. The van der Waals surface area contributed by atoms with Crippen LogP contribution < -0.4 is 0 Å². The van der Waals surface area contributed by atoms with Gasteiger partial charge in [-0.15, -0.1) is 11.3 Å². The number of ether oxygens (including phenoxy) is 1. The highest BCUT2D eigenvalue weighted by Gasteiger charge is 2.42. The molecule has 1 unspecified atom stereocenters. The van der Waals surface area contributed by atoms with E-state index >= 15 is 0 Å². The van der Waals surface area contributed by atoms with E-state index < -0.39 is 24.3 Å². The van der Waals surface area contributed by atoms with Gasteiger partial charge in [0.05, 0.1) is 13.2 Å². The summed E-state index contributed by atoms with van der Waals surface area (Å²) >= 11 is 1.88. The van der Waals surface area contributed by atoms with Crippen molar-refractivity contribution in [3.8, 4) is 0 Å². The van der Waals surface area contributed by atoms with Crippen LogP contribution in [0.3, 0.4) is 0 Å². The first-order valence-electron chi connectivity index (χ1n) is 10.9. The van der Waals surface area contributed by atoms with E-state index in [4.69, 9.17) is 24.5 Å². The lowest BCUT2D eigenvalue weighted by molar-refractivity contribution is -0.193. The molecule has 200 valence electrons. The molecule has 1 spiro atoms. The third kappa shape index (κ3) is 10.7. The van der Waals surface area contributed by atoms with E-state index in [9.17, 15) is 26.3 Å². The molecular weight excluding hydrogens is 506 g/mol. The van der Waals surface area contributed by atoms with Crippen LogP contribution in [0.5, 0.6) is 0 Å². The molecule has 1 aromatic heterocycles. The third-order valence-electron chi connectivity index (χ3n) is 5.69. The highest BCUT2D eigenvalue weighted by atomic mass is 32.1. The number of carbonyl (C=O) groups is 2. The lowest BCUT2D eigenvalue weighted by Crippen LogP contribution is -2.41. The van der Waals surface area contributed by atoms with Crippen molar-refractivity contribution in [2.45, 2.75) is 38.2 Å². The normalized spacial score (nSPS) is 23.6. The first kappa shape index (κ1) is 29.3. The fourth-order valence-corrected chi connectivity index (χ4v) is 4.68. The fraction of sp³-hybridized carbons (Fsp3) is 0.714. The van der Waals surface area contributed by atoms with E-state index in [0.717, 1.165) is 32.2 Å². The zero-order valence-electron chi connectivity index (χ0n) is 18.8. The molecule has 1 atom stereocenters. The van der Waals surface area contributed by atoms with E-state index in [1.54, 1.807) is 0 Å². The van der Waals surface area contributed by atoms with E-state index in [2.05, 4.69) is 27.3 Å². The second kappa shape index (κ2) is 12.4. The number of likely N-dealkylation sites (tertiary alicyclic amines) is 1. The van der Waals surface area contributed by atoms with Gasteiger partial charge < -0.3 is 19.8 Å². The molecule has 3 fully saturated rings. The van der Waals surface area contributed by atoms with Gasteiger partial charge in [-0.1, -0.05) is 6.07 Å². The van der Waals surface area contributed by atoms with Crippen LogP contribution >= 0.6 is 11.3 Å². The van der Waals surface area contributed by atoms with Crippen LogP contribution in [0.25, 0.3) is 0 Å². The molecule has 3 heterocycles. The lowest BCUT2D eigenvalue weighted by Gasteiger charge is -2.32. The van der Waals surface area contributed by atoms with Crippen LogP contribution in [0.4, 0.5) is 26.3 Å². The van der Waals surface area contributed by atoms with E-state index in [1.165, 1.54) is 50.3 Å². The Balaban J connectivity index is 0.000000257. The summed E-state index contributed by atoms with van der Waals surface area (Å²) in [6, 6.07) is 4.43. The monoisotopic (exact) mass is 534 g/mol. The van der Waals surface area contributed by atoms with Gasteiger partial charge in [-0.05, 0) is 43.2 Å². The Morgan fingerprint density at radius 3 is 2.09 bits per heavy atom. The van der Waals surface area contributed by atoms with Crippen molar-refractivity contribution < 1.29 is 50.9 Å². The molecule has 4 rings (SSSR count). The topological polar surface area (TPSA) is 90.3 Å². The summed E-state index contributed by atoms with van der Waals surface area (Å²) in [6.45, 7) is 9.19. The number of hydrogen-bond acceptors (Lipinski definition) is 6. The van der Waals surface area contributed by atoms with Crippen LogP contribution in [0.1, 0.15) is 24.1 Å². The molecule has 0 amide bonds. The van der Waals surface area contributed by atoms with Gasteiger partial charge in [0.25, 0.3) is 0 Å². The summed E-state index contributed by atoms with van der Waals surface area (Å²) in [4.78, 5) is 24.6. The molecule has 0 aromatic carbocycles. The van der Waals surface area contributed by atoms with Crippen molar-refractivity contribution in [3.63, 3.8) is 0 Å². The minimum absolute atomic E-state index is 0.392. The van der Waals surface area contributed by atoms with Crippen LogP contribution in [-0.2, 0) is 20.9 Å². The molecule has 0 bridgehead atoms. The largest absolute Gasteiger partial charge is 0.490 e. The number of rotatable bonds is 4. The first-order chi connectivity index (χ1) is 16.2. The Kier molecular flexibility index (Phi) is 10.4. The summed E-state index contributed by atoms with van der Waals surface area (Å²) in [5, 5.41) is 16.4. The molecule has 35 heavy (non-hydrogen) atoms. The number of alkyl halides is 6. The van der Waals surface area contributed by atoms with Gasteiger partial charge in [0.1, 0.15) is 0 Å². The highest BCUT2D eigenvalue weighted by molar-refractivity contribution is 7.09. The van der Waals surface area contributed by atoms with E-state index in [1.807, 2.05) is 11.3 Å². The maximum Gasteiger partial charge on any atom is 0.490 e. The number of carboxylic acid groups (broad SMARTS) is 2. The van der Waals surface area contributed by atoms with Crippen LogP contribution in [-0.4, -0.2) is 90.2 Å². The van der Waals surface area contributed by atoms with Crippen LogP contribution in [0.15, 0.2) is 17.5 Å². The van der Waals surface area contributed by atoms with E-state index in [-0.39, 0.29) is 0 Å². The average molecular weight is 535 g/mol. The summed E-state index contributed by atoms with van der Waals surface area (Å²) in [7, 11) is 0. The predicted octanol–water partition coefficient (Wildman–Crippen LogP) is 3.95. The lowest BCUT2D eigenvalue weighted by atomic mass is 9.87. The molecule has 2 N–H and O–H groups in total. The zero-order valence-corrected chi connectivity index (χ0v) is 19.6. The van der Waals surface area contributed by atoms with Gasteiger partial charge in [-0.2, -0.15) is 26.3 Å². The summed E-state index contributed by atoms with van der Waals surface area (Å²) in [5.74, 6) is -4.52. The van der Waals surface area contributed by atoms with Gasteiger partial charge in [-0.3, -0.25) is 4.90 Å². The Bertz CT molecular complexity index is 792. The molecule has 1 aliphatic carbocycles.